The minimum absolute atomic E-state index is 0.727. The van der Waals surface area contributed by atoms with Gasteiger partial charge in [-0.05, 0) is 43.5 Å². The van der Waals surface area contributed by atoms with E-state index in [1.807, 2.05) is 18.2 Å². The molecule has 0 unspecified atom stereocenters. The van der Waals surface area contributed by atoms with E-state index < -0.39 is 0 Å². The highest BCUT2D eigenvalue weighted by molar-refractivity contribution is 5.40. The summed E-state index contributed by atoms with van der Waals surface area (Å²) in [6, 6.07) is 5.89. The van der Waals surface area contributed by atoms with Gasteiger partial charge in [-0.2, -0.15) is 0 Å². The van der Waals surface area contributed by atoms with Crippen molar-refractivity contribution in [3.8, 4) is 11.5 Å². The number of ether oxygens (including phenoxy) is 3. The van der Waals surface area contributed by atoms with Gasteiger partial charge < -0.3 is 19.5 Å². The molecule has 4 heteroatoms. The van der Waals surface area contributed by atoms with Gasteiger partial charge in [0.25, 0.3) is 0 Å². The second kappa shape index (κ2) is 7.36. The molecule has 0 aromatic heterocycles. The van der Waals surface area contributed by atoms with Crippen LogP contribution in [0.25, 0.3) is 0 Å². The zero-order valence-electron chi connectivity index (χ0n) is 11.8. The normalized spacial score (nSPS) is 16.3. The van der Waals surface area contributed by atoms with Crippen molar-refractivity contribution in [1.82, 2.24) is 5.32 Å². The van der Waals surface area contributed by atoms with Crippen LogP contribution in [-0.4, -0.2) is 34.0 Å². The fourth-order valence-corrected chi connectivity index (χ4v) is 2.38. The first-order valence-corrected chi connectivity index (χ1v) is 6.83. The van der Waals surface area contributed by atoms with Crippen molar-refractivity contribution in [1.29, 1.82) is 0 Å². The van der Waals surface area contributed by atoms with Crippen LogP contribution in [0.3, 0.4) is 0 Å². The number of benzene rings is 1. The lowest BCUT2D eigenvalue weighted by Gasteiger charge is -2.22. The Hall–Kier alpha value is -1.26. The topological polar surface area (TPSA) is 39.7 Å². The fraction of sp³-hybridized carbons (Fsp3) is 0.600. The Bertz CT molecular complexity index is 389. The van der Waals surface area contributed by atoms with Gasteiger partial charge >= 0.3 is 0 Å². The van der Waals surface area contributed by atoms with Gasteiger partial charge in [0.05, 0.1) is 14.2 Å². The molecule has 0 spiro atoms. The van der Waals surface area contributed by atoms with Gasteiger partial charge in [-0.15, -0.1) is 0 Å². The van der Waals surface area contributed by atoms with Gasteiger partial charge in [0, 0.05) is 25.3 Å². The second-order valence-corrected chi connectivity index (χ2v) is 4.86. The quantitative estimate of drug-likeness (QED) is 0.856. The van der Waals surface area contributed by atoms with E-state index in [1.54, 1.807) is 14.2 Å². The van der Waals surface area contributed by atoms with Crippen molar-refractivity contribution in [3.05, 3.63) is 23.8 Å². The molecule has 1 fully saturated rings. The first kappa shape index (κ1) is 14.2. The molecular weight excluding hydrogens is 242 g/mol. The zero-order valence-corrected chi connectivity index (χ0v) is 11.8. The van der Waals surface area contributed by atoms with Gasteiger partial charge in [-0.1, -0.05) is 0 Å². The van der Waals surface area contributed by atoms with E-state index in [2.05, 4.69) is 5.32 Å². The monoisotopic (exact) mass is 265 g/mol. The van der Waals surface area contributed by atoms with Crippen LogP contribution < -0.4 is 14.8 Å². The number of hydrogen-bond donors (Lipinski definition) is 1. The molecule has 1 aromatic carbocycles. The Morgan fingerprint density at radius 2 is 2.00 bits per heavy atom. The molecule has 0 saturated carbocycles. The summed E-state index contributed by atoms with van der Waals surface area (Å²) in [6.45, 7) is 3.63. The van der Waals surface area contributed by atoms with Crippen molar-refractivity contribution in [3.63, 3.8) is 0 Å². The van der Waals surface area contributed by atoms with Gasteiger partial charge in [0.15, 0.2) is 0 Å². The molecule has 4 nitrogen and oxygen atoms in total. The van der Waals surface area contributed by atoms with Crippen LogP contribution in [0, 0.1) is 5.92 Å². The Labute approximate surface area is 115 Å². The zero-order chi connectivity index (χ0) is 13.5. The van der Waals surface area contributed by atoms with Crippen molar-refractivity contribution < 1.29 is 14.2 Å². The predicted molar refractivity (Wildman–Crippen MR) is 74.8 cm³/mol. The summed E-state index contributed by atoms with van der Waals surface area (Å²) in [5.41, 5.74) is 1.13. The maximum absolute atomic E-state index is 5.37. The molecule has 0 atom stereocenters. The van der Waals surface area contributed by atoms with Crippen molar-refractivity contribution in [2.24, 2.45) is 5.92 Å². The third-order valence-electron chi connectivity index (χ3n) is 3.58. The van der Waals surface area contributed by atoms with E-state index in [0.717, 1.165) is 62.1 Å². The van der Waals surface area contributed by atoms with Gasteiger partial charge in [0.2, 0.25) is 0 Å². The summed E-state index contributed by atoms with van der Waals surface area (Å²) in [7, 11) is 3.38. The Morgan fingerprint density at radius 3 is 2.68 bits per heavy atom. The SMILES string of the molecule is COc1ccc(OC)c(CNCC2CCOCC2)c1. The summed E-state index contributed by atoms with van der Waals surface area (Å²) < 4.78 is 16.0. The molecule has 1 aliphatic heterocycles. The van der Waals surface area contributed by atoms with Crippen LogP contribution in [0.1, 0.15) is 18.4 Å². The molecule has 1 N–H and O–H groups in total. The van der Waals surface area contributed by atoms with Crippen molar-refractivity contribution >= 4 is 0 Å². The second-order valence-electron chi connectivity index (χ2n) is 4.86. The maximum atomic E-state index is 5.37. The molecule has 1 heterocycles. The van der Waals surface area contributed by atoms with E-state index in [0.29, 0.717) is 0 Å². The highest BCUT2D eigenvalue weighted by Crippen LogP contribution is 2.24. The lowest BCUT2D eigenvalue weighted by atomic mass is 10.0. The van der Waals surface area contributed by atoms with Crippen molar-refractivity contribution in [2.45, 2.75) is 19.4 Å². The smallest absolute Gasteiger partial charge is 0.123 e. The average molecular weight is 265 g/mol. The molecule has 1 aliphatic rings. The lowest BCUT2D eigenvalue weighted by molar-refractivity contribution is 0.0662. The van der Waals surface area contributed by atoms with Gasteiger partial charge in [-0.3, -0.25) is 0 Å². The minimum atomic E-state index is 0.727. The van der Waals surface area contributed by atoms with E-state index in [4.69, 9.17) is 14.2 Å². The highest BCUT2D eigenvalue weighted by atomic mass is 16.5. The van der Waals surface area contributed by atoms with Crippen LogP contribution in [-0.2, 0) is 11.3 Å². The Morgan fingerprint density at radius 1 is 1.21 bits per heavy atom. The third kappa shape index (κ3) is 4.11. The Kier molecular flexibility index (Phi) is 5.48. The molecule has 0 amide bonds. The number of rotatable bonds is 6. The van der Waals surface area contributed by atoms with Crippen LogP contribution in [0.5, 0.6) is 11.5 Å². The molecule has 106 valence electrons. The average Bonchev–Trinajstić information content (AvgIpc) is 2.48. The number of nitrogens with one attached hydrogen (secondary N) is 1. The van der Waals surface area contributed by atoms with Crippen molar-refractivity contribution in [2.75, 3.05) is 34.0 Å². The summed E-state index contributed by atoms with van der Waals surface area (Å²) in [5, 5.41) is 3.51. The van der Waals surface area contributed by atoms with Gasteiger partial charge in [0.1, 0.15) is 11.5 Å². The molecule has 0 aliphatic carbocycles. The van der Waals surface area contributed by atoms with Crippen LogP contribution in [0.15, 0.2) is 18.2 Å². The summed E-state index contributed by atoms with van der Waals surface area (Å²) in [5.74, 6) is 2.49. The molecule has 0 radical (unpaired) electrons. The molecule has 19 heavy (non-hydrogen) atoms. The molecule has 1 aromatic rings. The number of methoxy groups -OCH3 is 2. The third-order valence-corrected chi connectivity index (χ3v) is 3.58. The van der Waals surface area contributed by atoms with Crippen LogP contribution in [0.4, 0.5) is 0 Å². The van der Waals surface area contributed by atoms with E-state index >= 15 is 0 Å². The molecule has 1 saturated heterocycles. The van der Waals surface area contributed by atoms with Crippen LogP contribution >= 0.6 is 0 Å². The molecular formula is C15H23NO3. The fourth-order valence-electron chi connectivity index (χ4n) is 2.38. The van der Waals surface area contributed by atoms with Crippen LogP contribution in [0.2, 0.25) is 0 Å². The predicted octanol–water partition coefficient (Wildman–Crippen LogP) is 2.22. The number of hydrogen-bond acceptors (Lipinski definition) is 4. The first-order valence-electron chi connectivity index (χ1n) is 6.83. The summed E-state index contributed by atoms with van der Waals surface area (Å²) >= 11 is 0. The Balaban J connectivity index is 1.86. The highest BCUT2D eigenvalue weighted by Gasteiger charge is 2.13. The van der Waals surface area contributed by atoms with E-state index in [1.165, 1.54) is 0 Å². The van der Waals surface area contributed by atoms with E-state index in [9.17, 15) is 0 Å². The van der Waals surface area contributed by atoms with E-state index in [-0.39, 0.29) is 0 Å². The summed E-state index contributed by atoms with van der Waals surface area (Å²) in [6.07, 6.45) is 2.31. The summed E-state index contributed by atoms with van der Waals surface area (Å²) in [4.78, 5) is 0. The largest absolute Gasteiger partial charge is 0.497 e. The maximum Gasteiger partial charge on any atom is 0.123 e. The first-order chi connectivity index (χ1) is 9.33. The minimum Gasteiger partial charge on any atom is -0.497 e. The van der Waals surface area contributed by atoms with Gasteiger partial charge in [-0.25, -0.2) is 0 Å². The molecule has 2 rings (SSSR count). The lowest BCUT2D eigenvalue weighted by Crippen LogP contribution is -2.27. The molecule has 0 bridgehead atoms. The standard InChI is InChI=1S/C15H23NO3/c1-17-14-3-4-15(18-2)13(9-14)11-16-10-12-5-7-19-8-6-12/h3-4,9,12,16H,5-8,10-11H2,1-2H3.